The molecule has 2 aromatic heterocycles. The van der Waals surface area contributed by atoms with Crippen molar-refractivity contribution in [3.05, 3.63) is 170 Å². The fraction of sp³-hybridized carbons (Fsp3) is 0.0278. The van der Waals surface area contributed by atoms with Gasteiger partial charge in [0.2, 0.25) is 5.44 Å². The maximum atomic E-state index is 14.7. The van der Waals surface area contributed by atoms with Crippen molar-refractivity contribution in [3.63, 3.8) is 0 Å². The van der Waals surface area contributed by atoms with Crippen molar-refractivity contribution in [2.24, 2.45) is 0 Å². The van der Waals surface area contributed by atoms with Crippen LogP contribution in [0, 0.1) is 0 Å². The van der Waals surface area contributed by atoms with Gasteiger partial charge in [-0.2, -0.15) is 0 Å². The number of nitrogens with zero attached hydrogens (tertiary/aromatic N) is 2. The van der Waals surface area contributed by atoms with Gasteiger partial charge in [-0.05, 0) is 60.7 Å². The topological polar surface area (TPSA) is 52.1 Å². The Labute approximate surface area is 267 Å². The number of benzene rings is 4. The Morgan fingerprint density at radius 2 is 0.860 bits per heavy atom. The maximum absolute atomic E-state index is 14.7. The SMILES string of the molecule is O=C(C[P+](c1ccccc1)(c1ccccc1)c1ccccn1)O[P+](c1ccccc1)(c1ccccc1)c1ccccn1.[Pd]. The van der Waals surface area contributed by atoms with Crippen LogP contribution in [0.15, 0.2) is 170 Å². The predicted molar refractivity (Wildman–Crippen MR) is 177 cm³/mol. The molecule has 4 nitrogen and oxygen atoms in total. The van der Waals surface area contributed by atoms with Crippen molar-refractivity contribution in [3.8, 4) is 0 Å². The molecule has 7 heteroatoms. The summed E-state index contributed by atoms with van der Waals surface area (Å²) in [6.45, 7) is 0. The van der Waals surface area contributed by atoms with E-state index in [2.05, 4.69) is 24.3 Å². The molecule has 0 amide bonds. The molecule has 6 aromatic rings. The van der Waals surface area contributed by atoms with Crippen molar-refractivity contribution in [1.82, 2.24) is 9.97 Å². The summed E-state index contributed by atoms with van der Waals surface area (Å²) in [6.07, 6.45) is 3.73. The summed E-state index contributed by atoms with van der Waals surface area (Å²) in [5, 5.41) is 4.02. The molecule has 0 bridgehead atoms. The second kappa shape index (κ2) is 14.1. The Morgan fingerprint density at radius 3 is 1.26 bits per heavy atom. The summed E-state index contributed by atoms with van der Waals surface area (Å²) < 4.78 is 6.93. The molecule has 0 saturated carbocycles. The molecule has 0 saturated heterocycles. The van der Waals surface area contributed by atoms with Gasteiger partial charge in [-0.15, -0.1) is 0 Å². The van der Waals surface area contributed by atoms with Crippen LogP contribution in [0.3, 0.4) is 0 Å². The van der Waals surface area contributed by atoms with Crippen LogP contribution in [0.1, 0.15) is 0 Å². The fourth-order valence-corrected chi connectivity index (χ4v) is 12.5. The second-order valence-corrected chi connectivity index (χ2v) is 16.1. The first-order valence-corrected chi connectivity index (χ1v) is 17.5. The molecule has 2 heterocycles. The third-order valence-corrected chi connectivity index (χ3v) is 14.8. The first-order chi connectivity index (χ1) is 20.7. The van der Waals surface area contributed by atoms with Crippen LogP contribution < -0.4 is 32.1 Å². The average Bonchev–Trinajstić information content (AvgIpc) is 3.08. The number of aromatic nitrogens is 2. The molecule has 43 heavy (non-hydrogen) atoms. The third kappa shape index (κ3) is 6.14. The Bertz CT molecular complexity index is 1410. The number of rotatable bonds is 9. The number of hydrogen-bond acceptors (Lipinski definition) is 4. The van der Waals surface area contributed by atoms with Crippen LogP contribution in [-0.4, -0.2) is 22.1 Å². The summed E-state index contributed by atoms with van der Waals surface area (Å²) in [7, 11) is -5.49. The van der Waals surface area contributed by atoms with Crippen LogP contribution in [0.2, 0.25) is 0 Å². The number of carbonyl (C=O) groups is 1. The van der Waals surface area contributed by atoms with E-state index >= 15 is 0 Å². The second-order valence-electron chi connectivity index (χ2n) is 9.76. The molecule has 0 aliphatic rings. The third-order valence-electron chi connectivity index (χ3n) is 7.25. The summed E-state index contributed by atoms with van der Waals surface area (Å²) in [6, 6.07) is 52.4. The van der Waals surface area contributed by atoms with Crippen molar-refractivity contribution in [2.45, 2.75) is 0 Å². The van der Waals surface area contributed by atoms with E-state index in [1.165, 1.54) is 0 Å². The monoisotopic (exact) mass is 690 g/mol. The van der Waals surface area contributed by atoms with Crippen molar-refractivity contribution >= 4 is 52.8 Å². The van der Waals surface area contributed by atoms with Gasteiger partial charge in [0.1, 0.15) is 28.5 Å². The first-order valence-electron chi connectivity index (χ1n) is 13.8. The van der Waals surface area contributed by atoms with E-state index in [4.69, 9.17) is 14.5 Å². The van der Waals surface area contributed by atoms with E-state index in [0.29, 0.717) is 0 Å². The van der Waals surface area contributed by atoms with Crippen LogP contribution >= 0.6 is 14.8 Å². The Hall–Kier alpha value is -3.83. The number of hydrogen-bond donors (Lipinski definition) is 0. The van der Waals surface area contributed by atoms with Crippen LogP contribution in [-0.2, 0) is 29.7 Å². The van der Waals surface area contributed by atoms with E-state index in [0.717, 1.165) is 32.1 Å². The van der Waals surface area contributed by atoms with E-state index < -0.39 is 14.8 Å². The molecular weight excluding hydrogens is 661 g/mol. The molecule has 0 unspecified atom stereocenters. The molecule has 0 fully saturated rings. The Morgan fingerprint density at radius 1 is 0.488 bits per heavy atom. The predicted octanol–water partition coefficient (Wildman–Crippen LogP) is 5.22. The standard InChI is InChI=1S/C36H30N2O2P2.Pd/c39-36(29-41(30-17-5-1-6-18-30,31-19-7-2-8-20-31)34-25-13-15-27-37-34)40-42(32-21-9-3-10-22-32,33-23-11-4-12-24-33)35-26-14-16-28-38-35;/h1-28H,29H2;/q+2;. The van der Waals surface area contributed by atoms with Gasteiger partial charge in [0.15, 0.2) is 11.6 Å². The van der Waals surface area contributed by atoms with Gasteiger partial charge in [-0.25, -0.2) is 14.8 Å². The van der Waals surface area contributed by atoms with E-state index in [1.807, 2.05) is 133 Å². The van der Waals surface area contributed by atoms with Gasteiger partial charge < -0.3 is 0 Å². The molecule has 0 atom stereocenters. The molecule has 0 aliphatic heterocycles. The first kappa shape index (κ1) is 30.6. The van der Waals surface area contributed by atoms with Crippen LogP contribution in [0.25, 0.3) is 0 Å². The van der Waals surface area contributed by atoms with E-state index in [1.54, 1.807) is 12.4 Å². The molecular formula is C36H30N2O2P2Pd+2. The molecule has 0 N–H and O–H groups in total. The van der Waals surface area contributed by atoms with Gasteiger partial charge in [0.05, 0.1) is 0 Å². The minimum absolute atomic E-state index is 0. The maximum Gasteiger partial charge on any atom is 0.389 e. The normalized spacial score (nSPS) is 11.3. The van der Waals surface area contributed by atoms with Crippen LogP contribution in [0.5, 0.6) is 0 Å². The Balaban J connectivity index is 0.00000368. The van der Waals surface area contributed by atoms with Crippen molar-refractivity contribution in [2.75, 3.05) is 6.16 Å². The summed E-state index contributed by atoms with van der Waals surface area (Å²) in [4.78, 5) is 24.4. The van der Waals surface area contributed by atoms with Gasteiger partial charge in [-0.1, -0.05) is 84.9 Å². The van der Waals surface area contributed by atoms with Gasteiger partial charge in [-0.3, -0.25) is 4.52 Å². The quantitative estimate of drug-likeness (QED) is 0.154. The van der Waals surface area contributed by atoms with Crippen molar-refractivity contribution < 1.29 is 29.7 Å². The number of pyridine rings is 2. The summed E-state index contributed by atoms with van der Waals surface area (Å²) >= 11 is 0. The van der Waals surface area contributed by atoms with E-state index in [-0.39, 0.29) is 32.6 Å². The minimum atomic E-state index is -2.93. The Kier molecular flexibility index (Phi) is 10.0. The van der Waals surface area contributed by atoms with Gasteiger partial charge in [0.25, 0.3) is 0 Å². The van der Waals surface area contributed by atoms with Gasteiger partial charge >= 0.3 is 13.5 Å². The largest absolute Gasteiger partial charge is 0.389 e. The van der Waals surface area contributed by atoms with E-state index in [9.17, 15) is 4.79 Å². The zero-order chi connectivity index (χ0) is 28.7. The molecule has 214 valence electrons. The molecule has 0 spiro atoms. The minimum Gasteiger partial charge on any atom is -0.291 e. The number of carbonyl (C=O) groups excluding carboxylic acids is 1. The molecule has 0 radical (unpaired) electrons. The zero-order valence-electron chi connectivity index (χ0n) is 23.3. The van der Waals surface area contributed by atoms with Crippen molar-refractivity contribution in [1.29, 1.82) is 0 Å². The zero-order valence-corrected chi connectivity index (χ0v) is 26.6. The van der Waals surface area contributed by atoms with Gasteiger partial charge in [0, 0.05) is 44.9 Å². The summed E-state index contributed by atoms with van der Waals surface area (Å²) in [5.74, 6) is -0.284. The molecule has 6 rings (SSSR count). The smallest absolute Gasteiger partial charge is 0.291 e. The molecule has 4 aromatic carbocycles. The average molecular weight is 691 g/mol. The van der Waals surface area contributed by atoms with Crippen LogP contribution in [0.4, 0.5) is 0 Å². The fourth-order valence-electron chi connectivity index (χ4n) is 5.38. The molecule has 0 aliphatic carbocycles. The summed E-state index contributed by atoms with van der Waals surface area (Å²) in [5.41, 5.74) is 1.64.